The first-order valence-corrected chi connectivity index (χ1v) is 6.61. The maximum atomic E-state index is 12.7. The fraction of sp³-hybridized carbons (Fsp3) is 0.333. The van der Waals surface area contributed by atoms with Gasteiger partial charge in [-0.3, -0.25) is 0 Å². The van der Waals surface area contributed by atoms with E-state index in [1.54, 1.807) is 0 Å². The number of nitrogens with one attached hydrogen (secondary N) is 1. The second kappa shape index (κ2) is 5.92. The SMILES string of the molecule is CCNCc1nnc(-c2cc(C(F)(F)F)ccc2Br)o1. The van der Waals surface area contributed by atoms with Crippen molar-refractivity contribution in [1.29, 1.82) is 0 Å². The van der Waals surface area contributed by atoms with Crippen molar-refractivity contribution >= 4 is 15.9 Å². The fourth-order valence-corrected chi connectivity index (χ4v) is 1.95. The molecular weight excluding hydrogens is 339 g/mol. The minimum absolute atomic E-state index is 0.0517. The van der Waals surface area contributed by atoms with Crippen LogP contribution in [-0.2, 0) is 12.7 Å². The molecule has 0 aliphatic rings. The quantitative estimate of drug-likeness (QED) is 0.915. The van der Waals surface area contributed by atoms with Crippen molar-refractivity contribution in [2.45, 2.75) is 19.6 Å². The summed E-state index contributed by atoms with van der Waals surface area (Å²) in [5, 5.41) is 10.5. The van der Waals surface area contributed by atoms with Crippen molar-refractivity contribution in [1.82, 2.24) is 15.5 Å². The molecule has 20 heavy (non-hydrogen) atoms. The molecule has 0 aliphatic carbocycles. The van der Waals surface area contributed by atoms with Crippen LogP contribution < -0.4 is 5.32 Å². The first-order valence-electron chi connectivity index (χ1n) is 5.82. The summed E-state index contributed by atoms with van der Waals surface area (Å²) in [6.45, 7) is 3.02. The van der Waals surface area contributed by atoms with Crippen molar-refractivity contribution < 1.29 is 17.6 Å². The predicted octanol–water partition coefficient (Wildman–Crippen LogP) is 3.63. The van der Waals surface area contributed by atoms with Crippen molar-refractivity contribution in [3.63, 3.8) is 0 Å². The highest BCUT2D eigenvalue weighted by molar-refractivity contribution is 9.10. The third-order valence-electron chi connectivity index (χ3n) is 2.52. The van der Waals surface area contributed by atoms with Crippen LogP contribution in [-0.4, -0.2) is 16.7 Å². The van der Waals surface area contributed by atoms with E-state index in [-0.39, 0.29) is 11.5 Å². The number of alkyl halides is 3. The summed E-state index contributed by atoms with van der Waals surface area (Å²) < 4.78 is 43.9. The lowest BCUT2D eigenvalue weighted by molar-refractivity contribution is -0.137. The van der Waals surface area contributed by atoms with Gasteiger partial charge in [-0.05, 0) is 40.7 Å². The van der Waals surface area contributed by atoms with Gasteiger partial charge in [0, 0.05) is 4.47 Å². The second-order valence-corrected chi connectivity index (χ2v) is 4.83. The molecule has 0 unspecified atom stereocenters. The van der Waals surface area contributed by atoms with Crippen LogP contribution in [0.2, 0.25) is 0 Å². The van der Waals surface area contributed by atoms with Gasteiger partial charge in [0.05, 0.1) is 17.7 Å². The molecule has 2 aromatic rings. The third kappa shape index (κ3) is 3.37. The lowest BCUT2D eigenvalue weighted by Gasteiger charge is -2.08. The van der Waals surface area contributed by atoms with E-state index < -0.39 is 11.7 Å². The number of benzene rings is 1. The molecule has 0 fully saturated rings. The number of hydrogen-bond acceptors (Lipinski definition) is 4. The van der Waals surface area contributed by atoms with E-state index in [0.717, 1.165) is 18.7 Å². The Bertz CT molecular complexity index is 598. The van der Waals surface area contributed by atoms with Crippen LogP contribution in [0.4, 0.5) is 13.2 Å². The van der Waals surface area contributed by atoms with Gasteiger partial charge < -0.3 is 9.73 Å². The first kappa shape index (κ1) is 15.0. The fourth-order valence-electron chi connectivity index (χ4n) is 1.53. The Hall–Kier alpha value is -1.41. The molecule has 1 N–H and O–H groups in total. The lowest BCUT2D eigenvalue weighted by Crippen LogP contribution is -2.11. The standard InChI is InChI=1S/C12H11BrF3N3O/c1-2-17-6-10-18-19-11(20-10)8-5-7(12(14,15)16)3-4-9(8)13/h3-5,17H,2,6H2,1H3. The van der Waals surface area contributed by atoms with Crippen LogP contribution in [0.1, 0.15) is 18.4 Å². The van der Waals surface area contributed by atoms with Gasteiger partial charge in [0.25, 0.3) is 0 Å². The Morgan fingerprint density at radius 3 is 2.70 bits per heavy atom. The van der Waals surface area contributed by atoms with Gasteiger partial charge in [-0.1, -0.05) is 6.92 Å². The second-order valence-electron chi connectivity index (χ2n) is 3.97. The summed E-state index contributed by atoms with van der Waals surface area (Å²) in [6, 6.07) is 3.28. The van der Waals surface area contributed by atoms with E-state index in [2.05, 4.69) is 31.4 Å². The molecule has 0 amide bonds. The zero-order chi connectivity index (χ0) is 14.8. The highest BCUT2D eigenvalue weighted by Gasteiger charge is 2.31. The third-order valence-corrected chi connectivity index (χ3v) is 3.21. The van der Waals surface area contributed by atoms with E-state index in [1.807, 2.05) is 6.92 Å². The van der Waals surface area contributed by atoms with Crippen LogP contribution in [0.15, 0.2) is 27.1 Å². The summed E-state index contributed by atoms with van der Waals surface area (Å²) >= 11 is 3.19. The van der Waals surface area contributed by atoms with Crippen LogP contribution in [0.25, 0.3) is 11.5 Å². The molecule has 1 heterocycles. The minimum atomic E-state index is -4.41. The van der Waals surface area contributed by atoms with Crippen LogP contribution in [0.5, 0.6) is 0 Å². The molecule has 0 saturated carbocycles. The summed E-state index contributed by atoms with van der Waals surface area (Å²) in [4.78, 5) is 0. The van der Waals surface area contributed by atoms with Gasteiger partial charge in [0.15, 0.2) is 0 Å². The van der Waals surface area contributed by atoms with Gasteiger partial charge in [-0.25, -0.2) is 0 Å². The average molecular weight is 350 g/mol. The van der Waals surface area contributed by atoms with Crippen LogP contribution >= 0.6 is 15.9 Å². The Morgan fingerprint density at radius 1 is 1.30 bits per heavy atom. The molecule has 8 heteroatoms. The maximum Gasteiger partial charge on any atom is 0.416 e. The van der Waals surface area contributed by atoms with Gasteiger partial charge in [-0.2, -0.15) is 13.2 Å². The largest absolute Gasteiger partial charge is 0.419 e. The van der Waals surface area contributed by atoms with Crippen LogP contribution in [0.3, 0.4) is 0 Å². The molecule has 0 aliphatic heterocycles. The normalized spacial score (nSPS) is 11.8. The van der Waals surface area contributed by atoms with Crippen molar-refractivity contribution in [3.05, 3.63) is 34.1 Å². The monoisotopic (exact) mass is 349 g/mol. The van der Waals surface area contributed by atoms with E-state index in [4.69, 9.17) is 4.42 Å². The van der Waals surface area contributed by atoms with Crippen LogP contribution in [0, 0.1) is 0 Å². The molecule has 0 bridgehead atoms. The predicted molar refractivity (Wildman–Crippen MR) is 69.8 cm³/mol. The zero-order valence-electron chi connectivity index (χ0n) is 10.5. The molecule has 0 radical (unpaired) electrons. The molecular formula is C12H11BrF3N3O. The molecule has 4 nitrogen and oxygen atoms in total. The summed E-state index contributed by atoms with van der Waals surface area (Å²) in [7, 11) is 0. The van der Waals surface area contributed by atoms with Gasteiger partial charge >= 0.3 is 6.18 Å². The van der Waals surface area contributed by atoms with E-state index in [1.165, 1.54) is 6.07 Å². The molecule has 2 rings (SSSR count). The number of nitrogens with zero attached hydrogens (tertiary/aromatic N) is 2. The summed E-state index contributed by atoms with van der Waals surface area (Å²) in [6.07, 6.45) is -4.41. The number of hydrogen-bond donors (Lipinski definition) is 1. The first-order chi connectivity index (χ1) is 9.41. The Kier molecular flexibility index (Phi) is 4.44. The minimum Gasteiger partial charge on any atom is -0.419 e. The Morgan fingerprint density at radius 2 is 2.05 bits per heavy atom. The maximum absolute atomic E-state index is 12.7. The highest BCUT2D eigenvalue weighted by atomic mass is 79.9. The van der Waals surface area contributed by atoms with E-state index >= 15 is 0 Å². The number of halogens is 4. The zero-order valence-corrected chi connectivity index (χ0v) is 12.0. The molecule has 0 saturated heterocycles. The van der Waals surface area contributed by atoms with Gasteiger partial charge in [-0.15, -0.1) is 10.2 Å². The lowest BCUT2D eigenvalue weighted by atomic mass is 10.1. The van der Waals surface area contributed by atoms with Gasteiger partial charge in [0.2, 0.25) is 11.8 Å². The molecule has 0 spiro atoms. The topological polar surface area (TPSA) is 51.0 Å². The summed E-state index contributed by atoms with van der Waals surface area (Å²) in [5.74, 6) is 0.377. The Labute approximate surface area is 121 Å². The molecule has 1 aromatic carbocycles. The van der Waals surface area contributed by atoms with Crippen molar-refractivity contribution in [2.75, 3.05) is 6.54 Å². The average Bonchev–Trinajstić information content (AvgIpc) is 2.84. The molecule has 108 valence electrons. The van der Waals surface area contributed by atoms with E-state index in [0.29, 0.717) is 16.9 Å². The van der Waals surface area contributed by atoms with Crippen molar-refractivity contribution in [2.24, 2.45) is 0 Å². The summed E-state index contributed by atoms with van der Waals surface area (Å²) in [5.41, 5.74) is -0.544. The smallest absolute Gasteiger partial charge is 0.416 e. The Balaban J connectivity index is 2.34. The number of aromatic nitrogens is 2. The van der Waals surface area contributed by atoms with E-state index in [9.17, 15) is 13.2 Å². The highest BCUT2D eigenvalue weighted by Crippen LogP contribution is 2.35. The molecule has 0 atom stereocenters. The van der Waals surface area contributed by atoms with Crippen molar-refractivity contribution in [3.8, 4) is 11.5 Å². The van der Waals surface area contributed by atoms with Gasteiger partial charge in [0.1, 0.15) is 0 Å². The molecule has 1 aromatic heterocycles. The number of rotatable bonds is 4.